The number of hydrogen-bond donors (Lipinski definition) is 2. The molecule has 0 bridgehead atoms. The van der Waals surface area contributed by atoms with Gasteiger partial charge in [-0.25, -0.2) is 9.59 Å². The standard InChI is InChI=1S/C23H15N5O3/c29-22(30)21-17-12-15(16-6-2-10-24-13-16)8-9-19(17)28(27-21)23(31)26-18-7-1-4-14-5-3-11-25-20(14)18/h1-13H,(H,26,31)(H,29,30). The number of fused-ring (bicyclic) bond motifs is 2. The minimum absolute atomic E-state index is 0.202. The number of pyridine rings is 2. The van der Waals surface area contributed by atoms with E-state index in [1.165, 1.54) is 0 Å². The summed E-state index contributed by atoms with van der Waals surface area (Å²) in [6, 6.07) is 17.4. The molecule has 1 amide bonds. The van der Waals surface area contributed by atoms with Crippen molar-refractivity contribution >= 4 is 39.5 Å². The van der Waals surface area contributed by atoms with Crippen molar-refractivity contribution in [3.63, 3.8) is 0 Å². The van der Waals surface area contributed by atoms with Crippen LogP contribution in [0.25, 0.3) is 32.9 Å². The third-order valence-corrected chi connectivity index (χ3v) is 4.94. The molecule has 0 atom stereocenters. The van der Waals surface area contributed by atoms with Crippen LogP contribution in [0.5, 0.6) is 0 Å². The summed E-state index contributed by atoms with van der Waals surface area (Å²) >= 11 is 0. The van der Waals surface area contributed by atoms with Crippen molar-refractivity contribution in [1.82, 2.24) is 19.7 Å². The molecule has 3 aromatic heterocycles. The Hall–Kier alpha value is -4.59. The highest BCUT2D eigenvalue weighted by Crippen LogP contribution is 2.27. The molecule has 0 spiro atoms. The van der Waals surface area contributed by atoms with Gasteiger partial charge in [0.05, 0.1) is 16.7 Å². The molecule has 8 heteroatoms. The lowest BCUT2D eigenvalue weighted by molar-refractivity contribution is 0.0692. The van der Waals surface area contributed by atoms with Crippen molar-refractivity contribution in [2.24, 2.45) is 0 Å². The van der Waals surface area contributed by atoms with E-state index in [-0.39, 0.29) is 5.69 Å². The Labute approximate surface area is 175 Å². The fraction of sp³-hybridized carbons (Fsp3) is 0. The highest BCUT2D eigenvalue weighted by Gasteiger charge is 2.21. The largest absolute Gasteiger partial charge is 0.476 e. The number of aromatic carboxylic acids is 1. The van der Waals surface area contributed by atoms with Crippen LogP contribution in [0.15, 0.2) is 79.3 Å². The molecule has 0 radical (unpaired) electrons. The number of carbonyl (C=O) groups excluding carboxylic acids is 1. The molecule has 0 fully saturated rings. The second-order valence-electron chi connectivity index (χ2n) is 6.85. The van der Waals surface area contributed by atoms with E-state index < -0.39 is 12.0 Å². The zero-order chi connectivity index (χ0) is 21.4. The summed E-state index contributed by atoms with van der Waals surface area (Å²) in [5.74, 6) is -1.22. The van der Waals surface area contributed by atoms with E-state index in [9.17, 15) is 14.7 Å². The molecule has 0 aliphatic heterocycles. The van der Waals surface area contributed by atoms with E-state index in [1.54, 1.807) is 48.9 Å². The van der Waals surface area contributed by atoms with Crippen molar-refractivity contribution in [3.8, 4) is 11.1 Å². The van der Waals surface area contributed by atoms with Gasteiger partial charge in [0.1, 0.15) is 0 Å². The molecule has 2 N–H and O–H groups in total. The van der Waals surface area contributed by atoms with Gasteiger partial charge in [-0.15, -0.1) is 0 Å². The lowest BCUT2D eigenvalue weighted by Crippen LogP contribution is -2.21. The van der Waals surface area contributed by atoms with Gasteiger partial charge in [-0.1, -0.05) is 30.3 Å². The summed E-state index contributed by atoms with van der Waals surface area (Å²) in [7, 11) is 0. The van der Waals surface area contributed by atoms with E-state index in [1.807, 2.05) is 30.3 Å². The Kier molecular flexibility index (Phi) is 4.37. The van der Waals surface area contributed by atoms with Gasteiger partial charge in [0.15, 0.2) is 5.69 Å². The van der Waals surface area contributed by atoms with Gasteiger partial charge >= 0.3 is 12.0 Å². The summed E-state index contributed by atoms with van der Waals surface area (Å²) < 4.78 is 1.06. The predicted octanol–water partition coefficient (Wildman–Crippen LogP) is 4.42. The summed E-state index contributed by atoms with van der Waals surface area (Å²) in [4.78, 5) is 33.2. The number of nitrogens with one attached hydrogen (secondary N) is 1. The van der Waals surface area contributed by atoms with Crippen molar-refractivity contribution < 1.29 is 14.7 Å². The van der Waals surface area contributed by atoms with E-state index in [2.05, 4.69) is 20.4 Å². The maximum atomic E-state index is 13.0. The van der Waals surface area contributed by atoms with Crippen molar-refractivity contribution in [1.29, 1.82) is 0 Å². The summed E-state index contributed by atoms with van der Waals surface area (Å²) in [6.07, 6.45) is 4.99. The third kappa shape index (κ3) is 3.25. The Bertz CT molecular complexity index is 1460. The van der Waals surface area contributed by atoms with Crippen LogP contribution >= 0.6 is 0 Å². The number of anilines is 1. The van der Waals surface area contributed by atoms with Crippen LogP contribution in [-0.2, 0) is 0 Å². The van der Waals surface area contributed by atoms with Crippen LogP contribution in [0.4, 0.5) is 10.5 Å². The maximum absolute atomic E-state index is 13.0. The van der Waals surface area contributed by atoms with E-state index in [0.717, 1.165) is 21.2 Å². The molecule has 150 valence electrons. The zero-order valence-corrected chi connectivity index (χ0v) is 16.1. The average molecular weight is 409 g/mol. The Morgan fingerprint density at radius 1 is 0.935 bits per heavy atom. The number of amides is 1. The van der Waals surface area contributed by atoms with Gasteiger partial charge in [-0.3, -0.25) is 9.97 Å². The molecule has 2 aromatic carbocycles. The Morgan fingerprint density at radius 2 is 1.77 bits per heavy atom. The van der Waals surface area contributed by atoms with Crippen LogP contribution in [0.1, 0.15) is 10.5 Å². The first-order valence-corrected chi connectivity index (χ1v) is 9.43. The van der Waals surface area contributed by atoms with Crippen LogP contribution in [0.2, 0.25) is 0 Å². The van der Waals surface area contributed by atoms with Crippen LogP contribution in [-0.4, -0.2) is 36.9 Å². The molecule has 5 aromatic rings. The molecule has 0 aliphatic carbocycles. The lowest BCUT2D eigenvalue weighted by Gasteiger charge is -2.08. The van der Waals surface area contributed by atoms with E-state index >= 15 is 0 Å². The van der Waals surface area contributed by atoms with Crippen LogP contribution in [0.3, 0.4) is 0 Å². The summed E-state index contributed by atoms with van der Waals surface area (Å²) in [5.41, 5.74) is 2.94. The third-order valence-electron chi connectivity index (χ3n) is 4.94. The molecule has 5 rings (SSSR count). The monoisotopic (exact) mass is 409 g/mol. The number of carboxylic acid groups (broad SMARTS) is 1. The average Bonchev–Trinajstić information content (AvgIpc) is 3.19. The van der Waals surface area contributed by atoms with Crippen molar-refractivity contribution in [2.75, 3.05) is 5.32 Å². The smallest absolute Gasteiger partial charge is 0.357 e. The minimum atomic E-state index is -1.22. The van der Waals surface area contributed by atoms with Gasteiger partial charge < -0.3 is 10.4 Å². The number of benzene rings is 2. The van der Waals surface area contributed by atoms with E-state index in [0.29, 0.717) is 22.1 Å². The number of rotatable bonds is 3. The molecule has 31 heavy (non-hydrogen) atoms. The van der Waals surface area contributed by atoms with Crippen LogP contribution < -0.4 is 5.32 Å². The lowest BCUT2D eigenvalue weighted by atomic mass is 10.0. The fourth-order valence-corrected chi connectivity index (χ4v) is 3.52. The quantitative estimate of drug-likeness (QED) is 0.456. The predicted molar refractivity (Wildman–Crippen MR) is 116 cm³/mol. The number of aromatic nitrogens is 4. The molecule has 0 saturated heterocycles. The molecule has 3 heterocycles. The number of carbonyl (C=O) groups is 2. The Morgan fingerprint density at radius 3 is 2.58 bits per heavy atom. The number of carboxylic acids is 1. The molecular weight excluding hydrogens is 394 g/mol. The highest BCUT2D eigenvalue weighted by atomic mass is 16.4. The van der Waals surface area contributed by atoms with E-state index in [4.69, 9.17) is 0 Å². The topological polar surface area (TPSA) is 110 Å². The first-order chi connectivity index (χ1) is 15.1. The number of nitrogens with zero attached hydrogens (tertiary/aromatic N) is 4. The zero-order valence-electron chi connectivity index (χ0n) is 16.1. The van der Waals surface area contributed by atoms with Gasteiger partial charge in [-0.05, 0) is 35.9 Å². The maximum Gasteiger partial charge on any atom is 0.357 e. The van der Waals surface area contributed by atoms with Gasteiger partial charge in [0, 0.05) is 34.9 Å². The molecule has 0 unspecified atom stereocenters. The van der Waals surface area contributed by atoms with Crippen molar-refractivity contribution in [2.45, 2.75) is 0 Å². The number of hydrogen-bond acceptors (Lipinski definition) is 5. The first kappa shape index (κ1) is 18.4. The normalized spacial score (nSPS) is 11.0. The molecule has 0 saturated carbocycles. The fourth-order valence-electron chi connectivity index (χ4n) is 3.52. The second-order valence-corrected chi connectivity index (χ2v) is 6.85. The SMILES string of the molecule is O=C(O)c1nn(C(=O)Nc2cccc3cccnc23)c2ccc(-c3cccnc3)cc12. The minimum Gasteiger partial charge on any atom is -0.476 e. The van der Waals surface area contributed by atoms with Gasteiger partial charge in [0.2, 0.25) is 0 Å². The molecule has 8 nitrogen and oxygen atoms in total. The second kappa shape index (κ2) is 7.34. The molecule has 0 aliphatic rings. The summed E-state index contributed by atoms with van der Waals surface area (Å²) in [6.45, 7) is 0. The highest BCUT2D eigenvalue weighted by molar-refractivity contribution is 6.08. The van der Waals surface area contributed by atoms with Gasteiger partial charge in [0.25, 0.3) is 0 Å². The first-order valence-electron chi connectivity index (χ1n) is 9.43. The van der Waals surface area contributed by atoms with Gasteiger partial charge in [-0.2, -0.15) is 9.78 Å². The Balaban J connectivity index is 1.59. The molecular formula is C23H15N5O3. The van der Waals surface area contributed by atoms with Crippen molar-refractivity contribution in [3.05, 3.63) is 84.9 Å². The summed E-state index contributed by atoms with van der Waals surface area (Å²) in [5, 5.41) is 17.7. The van der Waals surface area contributed by atoms with Crippen LogP contribution in [0, 0.1) is 0 Å². The number of para-hydroxylation sites is 1.